The Kier molecular flexibility index (Phi) is 5.66. The van der Waals surface area contributed by atoms with Gasteiger partial charge in [0.05, 0.1) is 16.4 Å². The molecule has 3 nitrogen and oxygen atoms in total. The molecule has 5 heteroatoms. The van der Waals surface area contributed by atoms with E-state index in [9.17, 15) is 0 Å². The molecule has 1 atom stereocenters. The molecule has 1 aromatic heterocycles. The smallest absolute Gasteiger partial charge is 0.0847 e. The van der Waals surface area contributed by atoms with E-state index in [1.807, 2.05) is 30.4 Å². The number of rotatable bonds is 6. The number of nitrogens with one attached hydrogen (secondary N) is 1. The van der Waals surface area contributed by atoms with Crippen LogP contribution >= 0.6 is 23.4 Å². The second kappa shape index (κ2) is 6.52. The molecule has 1 rings (SSSR count). The van der Waals surface area contributed by atoms with Crippen LogP contribution in [0.2, 0.25) is 5.02 Å². The topological polar surface area (TPSA) is 29.9 Å². The Morgan fingerprint density at radius 2 is 2.25 bits per heavy atom. The number of halogens is 1. The van der Waals surface area contributed by atoms with Crippen LogP contribution < -0.4 is 5.32 Å². The monoisotopic (exact) mass is 261 g/mol. The lowest BCUT2D eigenvalue weighted by atomic mass is 10.1. The third-order valence-electron chi connectivity index (χ3n) is 2.56. The van der Waals surface area contributed by atoms with Gasteiger partial charge in [0, 0.05) is 25.3 Å². The van der Waals surface area contributed by atoms with Crippen molar-refractivity contribution in [3.05, 3.63) is 16.4 Å². The SMILES string of the molecule is CCNC(CSC)Cc1c(Cl)c(C)nn1C. The first kappa shape index (κ1) is 13.9. The molecule has 0 saturated heterocycles. The zero-order valence-corrected chi connectivity index (χ0v) is 12.0. The molecule has 16 heavy (non-hydrogen) atoms. The average molecular weight is 262 g/mol. The molecule has 0 spiro atoms. The number of hydrogen-bond acceptors (Lipinski definition) is 3. The molecular formula is C11H20ClN3S. The van der Waals surface area contributed by atoms with Gasteiger partial charge in [-0.3, -0.25) is 4.68 Å². The summed E-state index contributed by atoms with van der Waals surface area (Å²) in [5, 5.41) is 8.62. The number of nitrogens with zero attached hydrogens (tertiary/aromatic N) is 2. The number of thioether (sulfide) groups is 1. The second-order valence-corrected chi connectivity index (χ2v) is 5.17. The molecule has 0 bridgehead atoms. The summed E-state index contributed by atoms with van der Waals surface area (Å²) in [6.07, 6.45) is 3.06. The predicted molar refractivity (Wildman–Crippen MR) is 72.5 cm³/mol. The van der Waals surface area contributed by atoms with E-state index >= 15 is 0 Å². The minimum Gasteiger partial charge on any atom is -0.313 e. The van der Waals surface area contributed by atoms with E-state index in [1.54, 1.807) is 0 Å². The maximum atomic E-state index is 6.24. The van der Waals surface area contributed by atoms with E-state index in [0.29, 0.717) is 6.04 Å². The van der Waals surface area contributed by atoms with Gasteiger partial charge in [0.1, 0.15) is 0 Å². The second-order valence-electron chi connectivity index (χ2n) is 3.88. The molecule has 0 aliphatic heterocycles. The first-order valence-corrected chi connectivity index (χ1v) is 7.27. The lowest BCUT2D eigenvalue weighted by Crippen LogP contribution is -2.33. The fourth-order valence-corrected chi connectivity index (χ4v) is 2.69. The van der Waals surface area contributed by atoms with E-state index in [4.69, 9.17) is 11.6 Å². The summed E-state index contributed by atoms with van der Waals surface area (Å²) in [5.74, 6) is 1.09. The van der Waals surface area contributed by atoms with Crippen molar-refractivity contribution in [3.63, 3.8) is 0 Å². The maximum absolute atomic E-state index is 6.24. The summed E-state index contributed by atoms with van der Waals surface area (Å²) in [4.78, 5) is 0. The standard InChI is InChI=1S/C11H20ClN3S/c1-5-13-9(7-16-4)6-10-11(12)8(2)14-15(10)3/h9,13H,5-7H2,1-4H3. The van der Waals surface area contributed by atoms with Crippen molar-refractivity contribution >= 4 is 23.4 Å². The molecule has 1 N–H and O–H groups in total. The van der Waals surface area contributed by atoms with Crippen molar-refractivity contribution in [2.75, 3.05) is 18.6 Å². The Balaban J connectivity index is 2.76. The van der Waals surface area contributed by atoms with Gasteiger partial charge in [-0.2, -0.15) is 16.9 Å². The lowest BCUT2D eigenvalue weighted by molar-refractivity contribution is 0.549. The summed E-state index contributed by atoms with van der Waals surface area (Å²) in [6.45, 7) is 5.06. The number of likely N-dealkylation sites (N-methyl/N-ethyl adjacent to an activating group) is 1. The van der Waals surface area contributed by atoms with Crippen LogP contribution in [0.4, 0.5) is 0 Å². The van der Waals surface area contributed by atoms with Gasteiger partial charge >= 0.3 is 0 Å². The van der Waals surface area contributed by atoms with Crippen LogP contribution in [0.25, 0.3) is 0 Å². The molecule has 0 radical (unpaired) electrons. The van der Waals surface area contributed by atoms with Gasteiger partial charge in [0.2, 0.25) is 0 Å². The highest BCUT2D eigenvalue weighted by atomic mass is 35.5. The van der Waals surface area contributed by atoms with Crippen LogP contribution in [-0.2, 0) is 13.5 Å². The third kappa shape index (κ3) is 3.40. The van der Waals surface area contributed by atoms with E-state index in [1.165, 1.54) is 0 Å². The first-order valence-electron chi connectivity index (χ1n) is 5.50. The van der Waals surface area contributed by atoms with Gasteiger partial charge in [0.25, 0.3) is 0 Å². The number of aromatic nitrogens is 2. The number of hydrogen-bond donors (Lipinski definition) is 1. The number of aryl methyl sites for hydroxylation is 2. The molecule has 0 saturated carbocycles. The molecule has 1 heterocycles. The van der Waals surface area contributed by atoms with Crippen molar-refractivity contribution in [2.45, 2.75) is 26.3 Å². The molecule has 0 aromatic carbocycles. The zero-order valence-electron chi connectivity index (χ0n) is 10.4. The maximum Gasteiger partial charge on any atom is 0.0847 e. The van der Waals surface area contributed by atoms with E-state index in [-0.39, 0.29) is 0 Å². The fraction of sp³-hybridized carbons (Fsp3) is 0.727. The highest BCUT2D eigenvalue weighted by Gasteiger charge is 2.15. The van der Waals surface area contributed by atoms with Gasteiger partial charge < -0.3 is 5.32 Å². The molecule has 0 aliphatic rings. The van der Waals surface area contributed by atoms with E-state index in [0.717, 1.165) is 35.1 Å². The van der Waals surface area contributed by atoms with Crippen LogP contribution in [-0.4, -0.2) is 34.4 Å². The van der Waals surface area contributed by atoms with Crippen molar-refractivity contribution < 1.29 is 0 Å². The lowest BCUT2D eigenvalue weighted by Gasteiger charge is -2.16. The fourth-order valence-electron chi connectivity index (χ4n) is 1.82. The van der Waals surface area contributed by atoms with Gasteiger partial charge in [-0.25, -0.2) is 0 Å². The van der Waals surface area contributed by atoms with Crippen molar-refractivity contribution in [3.8, 4) is 0 Å². The summed E-state index contributed by atoms with van der Waals surface area (Å²) >= 11 is 8.09. The largest absolute Gasteiger partial charge is 0.313 e. The van der Waals surface area contributed by atoms with Crippen molar-refractivity contribution in [2.24, 2.45) is 7.05 Å². The minimum absolute atomic E-state index is 0.465. The molecule has 0 fully saturated rings. The Bertz CT molecular complexity index is 332. The normalized spacial score (nSPS) is 13.1. The van der Waals surface area contributed by atoms with Crippen LogP contribution in [0.3, 0.4) is 0 Å². The van der Waals surface area contributed by atoms with Crippen molar-refractivity contribution in [1.82, 2.24) is 15.1 Å². The molecule has 1 unspecified atom stereocenters. The summed E-state index contributed by atoms with van der Waals surface area (Å²) in [7, 11) is 1.95. The molecule has 1 aromatic rings. The minimum atomic E-state index is 0.465. The van der Waals surface area contributed by atoms with Gasteiger partial charge in [0.15, 0.2) is 0 Å². The Morgan fingerprint density at radius 3 is 2.69 bits per heavy atom. The van der Waals surface area contributed by atoms with Crippen LogP contribution in [0, 0.1) is 6.92 Å². The average Bonchev–Trinajstić information content (AvgIpc) is 2.46. The van der Waals surface area contributed by atoms with Crippen molar-refractivity contribution in [1.29, 1.82) is 0 Å². The summed E-state index contributed by atoms with van der Waals surface area (Å²) in [6, 6.07) is 0.465. The third-order valence-corrected chi connectivity index (χ3v) is 3.79. The molecular weight excluding hydrogens is 242 g/mol. The molecule has 0 amide bonds. The molecule has 92 valence electrons. The quantitative estimate of drug-likeness (QED) is 0.852. The predicted octanol–water partition coefficient (Wildman–Crippen LogP) is 2.27. The van der Waals surface area contributed by atoms with Gasteiger partial charge in [-0.1, -0.05) is 18.5 Å². The summed E-state index contributed by atoms with van der Waals surface area (Å²) in [5.41, 5.74) is 2.04. The highest BCUT2D eigenvalue weighted by Crippen LogP contribution is 2.21. The van der Waals surface area contributed by atoms with E-state index in [2.05, 4.69) is 23.6 Å². The van der Waals surface area contributed by atoms with Gasteiger partial charge in [-0.15, -0.1) is 0 Å². The summed E-state index contributed by atoms with van der Waals surface area (Å²) < 4.78 is 1.89. The van der Waals surface area contributed by atoms with Crippen LogP contribution in [0.5, 0.6) is 0 Å². The Labute approximate surface area is 107 Å². The highest BCUT2D eigenvalue weighted by molar-refractivity contribution is 7.98. The zero-order chi connectivity index (χ0) is 12.1. The Morgan fingerprint density at radius 1 is 1.56 bits per heavy atom. The van der Waals surface area contributed by atoms with E-state index < -0.39 is 0 Å². The molecule has 0 aliphatic carbocycles. The van der Waals surface area contributed by atoms with Crippen LogP contribution in [0.1, 0.15) is 18.3 Å². The van der Waals surface area contributed by atoms with Gasteiger partial charge in [-0.05, 0) is 19.7 Å². The first-order chi connectivity index (χ1) is 7.60. The Hall–Kier alpha value is -0.190. The van der Waals surface area contributed by atoms with Crippen LogP contribution in [0.15, 0.2) is 0 Å².